The molecule has 1 heterocycles. The summed E-state index contributed by atoms with van der Waals surface area (Å²) in [5.41, 5.74) is 3.54. The molecule has 4 aromatic rings. The number of aliphatic carboxylic acids is 1. The SMILES string of the molecule is CC(Cc1cc(-c2ccc3[nH]ccc3c2)c(OC(C)c2ccccc2)c([N+](=O)[O-])c1)C(=O)O. The van der Waals surface area contributed by atoms with Gasteiger partial charge in [-0.05, 0) is 59.7 Å². The average molecular weight is 444 g/mol. The Hall–Kier alpha value is -4.13. The number of nitrogens with one attached hydrogen (secondary N) is 1. The number of H-pyrrole nitrogens is 1. The fourth-order valence-corrected chi connectivity index (χ4v) is 3.89. The molecule has 0 saturated carbocycles. The summed E-state index contributed by atoms with van der Waals surface area (Å²) in [6.07, 6.45) is 1.57. The molecule has 2 atom stereocenters. The molecule has 0 bridgehead atoms. The molecule has 3 aromatic carbocycles. The number of nitro benzene ring substituents is 1. The minimum absolute atomic E-state index is 0.165. The summed E-state index contributed by atoms with van der Waals surface area (Å²) in [5, 5.41) is 22.4. The standard InChI is InChI=1S/C26H24N2O5/c1-16(26(29)30)12-18-13-22(20-8-9-23-21(15-20)10-11-27-23)25(24(14-18)28(31)32)33-17(2)19-6-4-3-5-7-19/h3-11,13-17,27H,12H2,1-2H3,(H,29,30). The molecular weight excluding hydrogens is 420 g/mol. The monoisotopic (exact) mass is 444 g/mol. The van der Waals surface area contributed by atoms with E-state index in [1.165, 1.54) is 6.07 Å². The van der Waals surface area contributed by atoms with Crippen LogP contribution in [-0.4, -0.2) is 21.0 Å². The number of carboxylic acids is 1. The quantitative estimate of drug-likeness (QED) is 0.251. The second-order valence-corrected chi connectivity index (χ2v) is 8.14. The Balaban J connectivity index is 1.87. The Morgan fingerprint density at radius 2 is 1.85 bits per heavy atom. The molecule has 7 nitrogen and oxygen atoms in total. The maximum Gasteiger partial charge on any atom is 0.311 e. The molecule has 0 aliphatic heterocycles. The fraction of sp³-hybridized carbons (Fsp3) is 0.192. The Bertz CT molecular complexity index is 1310. The zero-order valence-corrected chi connectivity index (χ0v) is 18.3. The van der Waals surface area contributed by atoms with Crippen LogP contribution in [0.2, 0.25) is 0 Å². The molecule has 7 heteroatoms. The van der Waals surface area contributed by atoms with Crippen LogP contribution in [0.3, 0.4) is 0 Å². The van der Waals surface area contributed by atoms with E-state index >= 15 is 0 Å². The first kappa shape index (κ1) is 22.1. The summed E-state index contributed by atoms with van der Waals surface area (Å²) >= 11 is 0. The van der Waals surface area contributed by atoms with Crippen molar-refractivity contribution in [2.75, 3.05) is 0 Å². The van der Waals surface area contributed by atoms with E-state index in [1.54, 1.807) is 13.0 Å². The Kier molecular flexibility index (Phi) is 6.13. The summed E-state index contributed by atoms with van der Waals surface area (Å²) in [7, 11) is 0. The van der Waals surface area contributed by atoms with Gasteiger partial charge in [0, 0.05) is 23.3 Å². The number of aromatic nitrogens is 1. The molecule has 0 fully saturated rings. The summed E-state index contributed by atoms with van der Waals surface area (Å²) in [6, 6.07) is 20.4. The predicted molar refractivity (Wildman–Crippen MR) is 126 cm³/mol. The third-order valence-corrected chi connectivity index (χ3v) is 5.72. The van der Waals surface area contributed by atoms with Gasteiger partial charge in [0.2, 0.25) is 5.75 Å². The molecule has 0 radical (unpaired) electrons. The molecule has 4 rings (SSSR count). The van der Waals surface area contributed by atoms with Crippen molar-refractivity contribution in [2.45, 2.75) is 26.4 Å². The average Bonchev–Trinajstić information content (AvgIpc) is 3.28. The van der Waals surface area contributed by atoms with Crippen molar-refractivity contribution >= 4 is 22.6 Å². The molecule has 0 aliphatic rings. The second kappa shape index (κ2) is 9.16. The highest BCUT2D eigenvalue weighted by molar-refractivity contribution is 5.87. The highest BCUT2D eigenvalue weighted by Gasteiger charge is 2.26. The van der Waals surface area contributed by atoms with Crippen LogP contribution in [0.4, 0.5) is 5.69 Å². The van der Waals surface area contributed by atoms with Crippen LogP contribution in [0, 0.1) is 16.0 Å². The van der Waals surface area contributed by atoms with Crippen molar-refractivity contribution in [3.63, 3.8) is 0 Å². The first-order valence-corrected chi connectivity index (χ1v) is 10.7. The van der Waals surface area contributed by atoms with Gasteiger partial charge in [-0.15, -0.1) is 0 Å². The van der Waals surface area contributed by atoms with Gasteiger partial charge in [0.25, 0.3) is 0 Å². The number of benzene rings is 3. The molecule has 1 aromatic heterocycles. The summed E-state index contributed by atoms with van der Waals surface area (Å²) in [4.78, 5) is 26.1. The van der Waals surface area contributed by atoms with E-state index in [-0.39, 0.29) is 17.9 Å². The van der Waals surface area contributed by atoms with Gasteiger partial charge in [-0.25, -0.2) is 0 Å². The van der Waals surface area contributed by atoms with Crippen molar-refractivity contribution < 1.29 is 19.6 Å². The smallest absolute Gasteiger partial charge is 0.311 e. The minimum Gasteiger partial charge on any atom is -0.481 e. The van der Waals surface area contributed by atoms with Crippen molar-refractivity contribution in [3.05, 3.63) is 94.2 Å². The van der Waals surface area contributed by atoms with Crippen LogP contribution in [0.1, 0.15) is 31.1 Å². The van der Waals surface area contributed by atoms with Gasteiger partial charge in [-0.2, -0.15) is 0 Å². The molecule has 0 spiro atoms. The number of nitrogens with zero attached hydrogens (tertiary/aromatic N) is 1. The van der Waals surface area contributed by atoms with Crippen molar-refractivity contribution in [1.82, 2.24) is 4.98 Å². The zero-order chi connectivity index (χ0) is 23.5. The zero-order valence-electron chi connectivity index (χ0n) is 18.3. The minimum atomic E-state index is -0.953. The first-order chi connectivity index (χ1) is 15.8. The molecule has 0 aliphatic carbocycles. The molecule has 33 heavy (non-hydrogen) atoms. The van der Waals surface area contributed by atoms with Crippen LogP contribution < -0.4 is 4.74 Å². The molecule has 168 valence electrons. The Morgan fingerprint density at radius 1 is 1.09 bits per heavy atom. The molecule has 0 saturated heterocycles. The molecule has 2 N–H and O–H groups in total. The van der Waals surface area contributed by atoms with E-state index < -0.39 is 22.9 Å². The van der Waals surface area contributed by atoms with E-state index in [2.05, 4.69) is 4.98 Å². The van der Waals surface area contributed by atoms with Crippen LogP contribution in [0.25, 0.3) is 22.0 Å². The molecule has 0 amide bonds. The maximum absolute atomic E-state index is 12.1. The largest absolute Gasteiger partial charge is 0.481 e. The molecular formula is C26H24N2O5. The number of carbonyl (C=O) groups is 1. The van der Waals surface area contributed by atoms with Crippen LogP contribution >= 0.6 is 0 Å². The van der Waals surface area contributed by atoms with E-state index in [0.29, 0.717) is 11.1 Å². The number of hydrogen-bond acceptors (Lipinski definition) is 4. The third-order valence-electron chi connectivity index (χ3n) is 5.72. The van der Waals surface area contributed by atoms with Crippen LogP contribution in [-0.2, 0) is 11.2 Å². The van der Waals surface area contributed by atoms with Gasteiger partial charge in [0.15, 0.2) is 0 Å². The topological polar surface area (TPSA) is 105 Å². The van der Waals surface area contributed by atoms with E-state index in [1.807, 2.05) is 67.7 Å². The van der Waals surface area contributed by atoms with Crippen molar-refractivity contribution in [1.29, 1.82) is 0 Å². The van der Waals surface area contributed by atoms with Gasteiger partial charge >= 0.3 is 11.7 Å². The lowest BCUT2D eigenvalue weighted by Crippen LogP contribution is -2.13. The number of carboxylic acid groups (broad SMARTS) is 1. The van der Waals surface area contributed by atoms with Gasteiger partial charge in [-0.1, -0.05) is 43.3 Å². The van der Waals surface area contributed by atoms with E-state index in [4.69, 9.17) is 4.74 Å². The van der Waals surface area contributed by atoms with E-state index in [9.17, 15) is 20.0 Å². The number of nitro groups is 1. The van der Waals surface area contributed by atoms with E-state index in [0.717, 1.165) is 22.0 Å². The van der Waals surface area contributed by atoms with Gasteiger partial charge < -0.3 is 14.8 Å². The highest BCUT2D eigenvalue weighted by Crippen LogP contribution is 2.42. The first-order valence-electron chi connectivity index (χ1n) is 10.7. The second-order valence-electron chi connectivity index (χ2n) is 8.14. The van der Waals surface area contributed by atoms with Crippen molar-refractivity contribution in [2.24, 2.45) is 5.92 Å². The highest BCUT2D eigenvalue weighted by atomic mass is 16.6. The lowest BCUT2D eigenvalue weighted by molar-refractivity contribution is -0.386. The summed E-state index contributed by atoms with van der Waals surface area (Å²) in [5.74, 6) is -1.47. The lowest BCUT2D eigenvalue weighted by atomic mass is 9.94. The van der Waals surface area contributed by atoms with Crippen molar-refractivity contribution in [3.8, 4) is 16.9 Å². The number of rotatable bonds is 8. The van der Waals surface area contributed by atoms with Crippen LogP contribution in [0.5, 0.6) is 5.75 Å². The lowest BCUT2D eigenvalue weighted by Gasteiger charge is -2.19. The normalized spacial score (nSPS) is 12.9. The number of aromatic amines is 1. The maximum atomic E-state index is 12.1. The third kappa shape index (κ3) is 4.72. The van der Waals surface area contributed by atoms with Gasteiger partial charge in [0.1, 0.15) is 6.10 Å². The Morgan fingerprint density at radius 3 is 2.55 bits per heavy atom. The number of ether oxygens (including phenoxy) is 1. The number of hydrogen-bond donors (Lipinski definition) is 2. The number of fused-ring (bicyclic) bond motifs is 1. The van der Waals surface area contributed by atoms with Gasteiger partial charge in [-0.3, -0.25) is 14.9 Å². The Labute approximate surface area is 190 Å². The summed E-state index contributed by atoms with van der Waals surface area (Å²) in [6.45, 7) is 3.43. The fourth-order valence-electron chi connectivity index (χ4n) is 3.89. The van der Waals surface area contributed by atoms with Crippen LogP contribution in [0.15, 0.2) is 72.9 Å². The summed E-state index contributed by atoms with van der Waals surface area (Å²) < 4.78 is 6.21. The predicted octanol–water partition coefficient (Wildman–Crippen LogP) is 6.15. The van der Waals surface area contributed by atoms with Gasteiger partial charge in [0.05, 0.1) is 10.8 Å². The molecule has 2 unspecified atom stereocenters.